The Bertz CT molecular complexity index is 643. The van der Waals surface area contributed by atoms with Crippen molar-refractivity contribution < 1.29 is 33.0 Å². The molecule has 1 heterocycles. The van der Waals surface area contributed by atoms with Gasteiger partial charge < -0.3 is 20.4 Å². The van der Waals surface area contributed by atoms with E-state index in [1.54, 1.807) is 0 Å². The molecular formula is C22H37F3N2O4. The van der Waals surface area contributed by atoms with Crippen molar-refractivity contribution in [1.29, 1.82) is 0 Å². The third-order valence-electron chi connectivity index (χ3n) is 7.44. The van der Waals surface area contributed by atoms with Crippen LogP contribution in [0.5, 0.6) is 0 Å². The zero-order chi connectivity index (χ0) is 23.6. The molecule has 0 radical (unpaired) electrons. The van der Waals surface area contributed by atoms with Crippen LogP contribution in [0.15, 0.2) is 0 Å². The molecule has 3 atom stereocenters. The molecular weight excluding hydrogens is 413 g/mol. The molecule has 180 valence electrons. The molecule has 9 heteroatoms. The molecule has 0 aromatic carbocycles. The number of halogens is 3. The Morgan fingerprint density at radius 2 is 1.65 bits per heavy atom. The third kappa shape index (κ3) is 6.34. The van der Waals surface area contributed by atoms with Gasteiger partial charge >= 0.3 is 6.18 Å². The second-order valence-corrected chi connectivity index (χ2v) is 10.2. The number of hydrogen-bond donors (Lipinski definition) is 3. The topological polar surface area (TPSA) is 89.9 Å². The minimum Gasteiger partial charge on any atom is -0.391 e. The van der Waals surface area contributed by atoms with E-state index >= 15 is 0 Å². The van der Waals surface area contributed by atoms with E-state index in [2.05, 4.69) is 26.1 Å². The SMILES string of the molecule is CCC(C)(C)C1CCC(CC(=O)N2CC(O)CC(NC(=O)C(C)(O)C(F)(F)F)C2)CC1. The molecule has 0 aromatic rings. The van der Waals surface area contributed by atoms with Gasteiger partial charge in [-0.3, -0.25) is 9.59 Å². The van der Waals surface area contributed by atoms with Gasteiger partial charge in [0, 0.05) is 25.6 Å². The normalized spacial score (nSPS) is 29.9. The molecule has 1 aliphatic heterocycles. The fourth-order valence-electron chi connectivity index (χ4n) is 4.65. The quantitative estimate of drug-likeness (QED) is 0.580. The number of aliphatic hydroxyl groups is 2. The zero-order valence-electron chi connectivity index (χ0n) is 19.0. The van der Waals surface area contributed by atoms with Crippen LogP contribution in [0.1, 0.15) is 72.6 Å². The van der Waals surface area contributed by atoms with Crippen LogP contribution in [-0.2, 0) is 9.59 Å². The van der Waals surface area contributed by atoms with E-state index in [0.717, 1.165) is 32.1 Å². The highest BCUT2D eigenvalue weighted by molar-refractivity contribution is 5.85. The van der Waals surface area contributed by atoms with E-state index in [9.17, 15) is 33.0 Å². The number of piperidine rings is 1. The molecule has 1 aliphatic carbocycles. The van der Waals surface area contributed by atoms with Gasteiger partial charge in [0.15, 0.2) is 0 Å². The summed E-state index contributed by atoms with van der Waals surface area (Å²) in [6.07, 6.45) is -0.505. The average Bonchev–Trinajstić information content (AvgIpc) is 2.67. The second-order valence-electron chi connectivity index (χ2n) is 10.2. The number of carbonyl (C=O) groups excluding carboxylic acids is 2. The molecule has 0 spiro atoms. The van der Waals surface area contributed by atoms with Gasteiger partial charge in [-0.25, -0.2) is 0 Å². The van der Waals surface area contributed by atoms with Crippen LogP contribution < -0.4 is 5.32 Å². The van der Waals surface area contributed by atoms with Gasteiger partial charge in [0.1, 0.15) is 0 Å². The highest BCUT2D eigenvalue weighted by Gasteiger charge is 2.56. The van der Waals surface area contributed by atoms with Crippen LogP contribution in [-0.4, -0.2) is 63.9 Å². The Morgan fingerprint density at radius 3 is 2.16 bits per heavy atom. The maximum absolute atomic E-state index is 12.9. The zero-order valence-corrected chi connectivity index (χ0v) is 19.0. The predicted octanol–water partition coefficient (Wildman–Crippen LogP) is 3.01. The number of hydrogen-bond acceptors (Lipinski definition) is 4. The largest absolute Gasteiger partial charge is 0.426 e. The van der Waals surface area contributed by atoms with Crippen LogP contribution in [0.2, 0.25) is 0 Å². The average molecular weight is 451 g/mol. The van der Waals surface area contributed by atoms with E-state index in [1.807, 2.05) is 0 Å². The first-order valence-electron chi connectivity index (χ1n) is 11.2. The lowest BCUT2D eigenvalue weighted by molar-refractivity contribution is -0.245. The highest BCUT2D eigenvalue weighted by atomic mass is 19.4. The van der Waals surface area contributed by atoms with Gasteiger partial charge in [0.25, 0.3) is 5.91 Å². The number of β-amino-alcohol motifs (C(OH)–C–C–N with tert-alkyl or cyclic N) is 1. The molecule has 1 saturated heterocycles. The highest BCUT2D eigenvalue weighted by Crippen LogP contribution is 2.43. The fourth-order valence-corrected chi connectivity index (χ4v) is 4.65. The van der Waals surface area contributed by atoms with Crippen LogP contribution in [0.25, 0.3) is 0 Å². The second kappa shape index (κ2) is 9.65. The number of alkyl halides is 3. The Morgan fingerprint density at radius 1 is 1.06 bits per heavy atom. The predicted molar refractivity (Wildman–Crippen MR) is 110 cm³/mol. The molecule has 0 aromatic heterocycles. The monoisotopic (exact) mass is 450 g/mol. The first kappa shape index (κ1) is 25.9. The van der Waals surface area contributed by atoms with Gasteiger partial charge in [0.2, 0.25) is 11.5 Å². The van der Waals surface area contributed by atoms with Gasteiger partial charge in [-0.2, -0.15) is 13.2 Å². The molecule has 0 bridgehead atoms. The molecule has 2 rings (SSSR count). The minimum atomic E-state index is -5.12. The number of likely N-dealkylation sites (tertiary alicyclic amines) is 1. The van der Waals surface area contributed by atoms with E-state index in [-0.39, 0.29) is 36.8 Å². The molecule has 2 fully saturated rings. The summed E-state index contributed by atoms with van der Waals surface area (Å²) in [7, 11) is 0. The van der Waals surface area contributed by atoms with Crippen LogP contribution >= 0.6 is 0 Å². The van der Waals surface area contributed by atoms with E-state index in [0.29, 0.717) is 19.3 Å². The molecule has 3 N–H and O–H groups in total. The third-order valence-corrected chi connectivity index (χ3v) is 7.44. The summed E-state index contributed by atoms with van der Waals surface area (Å²) in [6, 6.07) is -0.852. The summed E-state index contributed by atoms with van der Waals surface area (Å²) in [6.45, 7) is 7.26. The van der Waals surface area contributed by atoms with Crippen molar-refractivity contribution in [2.24, 2.45) is 17.3 Å². The van der Waals surface area contributed by atoms with Crippen molar-refractivity contribution >= 4 is 11.8 Å². The molecule has 2 aliphatic rings. The number of nitrogens with zero attached hydrogens (tertiary/aromatic N) is 1. The van der Waals surface area contributed by atoms with Crippen LogP contribution in [0.3, 0.4) is 0 Å². The summed E-state index contributed by atoms with van der Waals surface area (Å²) in [5.41, 5.74) is -3.25. The Kier molecular flexibility index (Phi) is 8.06. The Balaban J connectivity index is 1.90. The van der Waals surface area contributed by atoms with Crippen molar-refractivity contribution in [2.45, 2.75) is 96.6 Å². The van der Waals surface area contributed by atoms with Crippen molar-refractivity contribution in [3.63, 3.8) is 0 Å². The van der Waals surface area contributed by atoms with Gasteiger partial charge in [-0.15, -0.1) is 0 Å². The van der Waals surface area contributed by atoms with Crippen molar-refractivity contribution in [1.82, 2.24) is 10.2 Å². The first-order chi connectivity index (χ1) is 14.2. The summed E-state index contributed by atoms with van der Waals surface area (Å²) < 4.78 is 38.6. The number of rotatable bonds is 6. The van der Waals surface area contributed by atoms with Crippen LogP contribution in [0.4, 0.5) is 13.2 Å². The minimum absolute atomic E-state index is 0.0216. The van der Waals surface area contributed by atoms with Crippen molar-refractivity contribution in [3.8, 4) is 0 Å². The number of nitrogens with one attached hydrogen (secondary N) is 1. The molecule has 1 saturated carbocycles. The number of carbonyl (C=O) groups is 2. The molecule has 31 heavy (non-hydrogen) atoms. The molecule has 3 unspecified atom stereocenters. The maximum atomic E-state index is 12.9. The van der Waals surface area contributed by atoms with Crippen molar-refractivity contribution in [3.05, 3.63) is 0 Å². The molecule has 6 nitrogen and oxygen atoms in total. The maximum Gasteiger partial charge on any atom is 0.426 e. The van der Waals surface area contributed by atoms with Gasteiger partial charge in [0.05, 0.1) is 6.10 Å². The first-order valence-corrected chi connectivity index (χ1v) is 11.2. The lowest BCUT2D eigenvalue weighted by Crippen LogP contribution is -2.61. The standard InChI is InChI=1S/C22H37F3N2O4/c1-5-20(2,3)15-8-6-14(7-9-15)10-18(29)27-12-16(11-17(28)13-27)26-19(30)21(4,31)22(23,24)25/h14-17,28,31H,5-13H2,1-4H3,(H,26,30). The number of aliphatic hydroxyl groups excluding tert-OH is 1. The fraction of sp³-hybridized carbons (Fsp3) is 0.909. The number of amides is 2. The van der Waals surface area contributed by atoms with Crippen LogP contribution in [0, 0.1) is 17.3 Å². The summed E-state index contributed by atoms with van der Waals surface area (Å²) in [4.78, 5) is 26.2. The van der Waals surface area contributed by atoms with Gasteiger partial charge in [-0.1, -0.05) is 27.2 Å². The van der Waals surface area contributed by atoms with E-state index < -0.39 is 29.8 Å². The summed E-state index contributed by atoms with van der Waals surface area (Å²) in [5.74, 6) is -0.835. The summed E-state index contributed by atoms with van der Waals surface area (Å²) >= 11 is 0. The van der Waals surface area contributed by atoms with Crippen molar-refractivity contribution in [2.75, 3.05) is 13.1 Å². The lowest BCUT2D eigenvalue weighted by atomic mass is 9.67. The lowest BCUT2D eigenvalue weighted by Gasteiger charge is -2.40. The Labute approximate surface area is 182 Å². The van der Waals surface area contributed by atoms with E-state index in [4.69, 9.17) is 0 Å². The van der Waals surface area contributed by atoms with Gasteiger partial charge in [-0.05, 0) is 56.3 Å². The summed E-state index contributed by atoms with van der Waals surface area (Å²) in [5, 5.41) is 21.8. The van der Waals surface area contributed by atoms with E-state index in [1.165, 1.54) is 4.90 Å². The Hall–Kier alpha value is -1.35. The molecule has 2 amide bonds. The smallest absolute Gasteiger partial charge is 0.391 e.